The van der Waals surface area contributed by atoms with Crippen LogP contribution >= 0.6 is 0 Å². The Morgan fingerprint density at radius 3 is 2.22 bits per heavy atom. The molecule has 248 valence electrons. The molecule has 50 heavy (non-hydrogen) atoms. The second kappa shape index (κ2) is 14.1. The minimum absolute atomic E-state index is 0.0572. The van der Waals surface area contributed by atoms with Gasteiger partial charge in [-0.2, -0.15) is 0 Å². The molecule has 1 aliphatic rings. The van der Waals surface area contributed by atoms with Gasteiger partial charge in [-0.05, 0) is 89.0 Å². The van der Waals surface area contributed by atoms with Gasteiger partial charge in [-0.15, -0.1) is 0 Å². The first-order chi connectivity index (χ1) is 24.3. The van der Waals surface area contributed by atoms with Gasteiger partial charge in [-0.25, -0.2) is 9.59 Å². The van der Waals surface area contributed by atoms with Crippen LogP contribution in [0.1, 0.15) is 60.5 Å². The van der Waals surface area contributed by atoms with Gasteiger partial charge >= 0.3 is 12.1 Å². The lowest BCUT2D eigenvalue weighted by Gasteiger charge is -2.21. The third-order valence-electron chi connectivity index (χ3n) is 9.10. The summed E-state index contributed by atoms with van der Waals surface area (Å²) in [5.74, 6) is -0.487. The van der Waals surface area contributed by atoms with E-state index in [1.807, 2.05) is 62.4 Å². The van der Waals surface area contributed by atoms with E-state index >= 15 is 0 Å². The molecule has 8 nitrogen and oxygen atoms in total. The third kappa shape index (κ3) is 6.82. The Bertz CT molecular complexity index is 2180. The second-order valence-electron chi connectivity index (χ2n) is 12.4. The van der Waals surface area contributed by atoms with Gasteiger partial charge in [0.1, 0.15) is 12.4 Å². The van der Waals surface area contributed by atoms with Crippen LogP contribution in [-0.4, -0.2) is 36.1 Å². The largest absolute Gasteiger partial charge is 0.449 e. The lowest BCUT2D eigenvalue weighted by molar-refractivity contribution is 0.0733. The normalized spacial score (nSPS) is 12.4. The molecule has 0 saturated heterocycles. The van der Waals surface area contributed by atoms with Gasteiger partial charge in [0.15, 0.2) is 0 Å². The molecule has 0 spiro atoms. The SMILES string of the molecule is Cc1ccc(C(=O)Oc2ccc([C@@H](CNC(=O)OCC3c4ccccc4-c4ccccc43)NC(=O)c3ccc4cnccc4c3)cc2)c(C)c1. The maximum Gasteiger partial charge on any atom is 0.407 e. The highest BCUT2D eigenvalue weighted by Gasteiger charge is 2.29. The molecular weight excluding hydrogens is 626 g/mol. The van der Waals surface area contributed by atoms with Gasteiger partial charge in [-0.1, -0.05) is 84.4 Å². The molecule has 2 amide bonds. The van der Waals surface area contributed by atoms with E-state index < -0.39 is 18.1 Å². The topological polar surface area (TPSA) is 107 Å². The number of benzene rings is 5. The zero-order chi connectivity index (χ0) is 34.6. The summed E-state index contributed by atoms with van der Waals surface area (Å²) in [7, 11) is 0. The summed E-state index contributed by atoms with van der Waals surface area (Å²) in [5, 5.41) is 7.71. The summed E-state index contributed by atoms with van der Waals surface area (Å²) in [6, 6.07) is 35.4. The first kappa shape index (κ1) is 32.3. The van der Waals surface area contributed by atoms with E-state index in [4.69, 9.17) is 9.47 Å². The standard InChI is InChI=1S/C42H35N3O5/c1-26-11-18-33(27(2)21-26)41(47)50-32-16-14-28(15-17-32)39(45-40(46)30-12-13-31-23-43-20-19-29(31)22-30)24-44-42(48)49-25-38-36-9-5-3-7-34(36)35-8-4-6-10-37(35)38/h3-23,38-39H,24-25H2,1-2H3,(H,44,48)(H,45,46)/t39-/m1/s1. The molecule has 0 saturated carbocycles. The third-order valence-corrected chi connectivity index (χ3v) is 9.10. The van der Waals surface area contributed by atoms with E-state index in [1.165, 1.54) is 0 Å². The van der Waals surface area contributed by atoms with Crippen molar-refractivity contribution in [1.82, 2.24) is 15.6 Å². The number of ether oxygens (including phenoxy) is 2. The Hall–Kier alpha value is -6.28. The van der Waals surface area contributed by atoms with Crippen LogP contribution in [0.15, 0.2) is 128 Å². The Balaban J connectivity index is 1.06. The van der Waals surface area contributed by atoms with Crippen LogP contribution in [0.25, 0.3) is 21.9 Å². The number of aryl methyl sites for hydroxylation is 2. The highest BCUT2D eigenvalue weighted by atomic mass is 16.5. The van der Waals surface area contributed by atoms with Crippen LogP contribution in [0.2, 0.25) is 0 Å². The molecule has 1 atom stereocenters. The van der Waals surface area contributed by atoms with Crippen molar-refractivity contribution in [1.29, 1.82) is 0 Å². The van der Waals surface area contributed by atoms with E-state index in [0.29, 0.717) is 22.4 Å². The Labute approximate surface area is 290 Å². The molecule has 1 aliphatic carbocycles. The number of pyridine rings is 1. The summed E-state index contributed by atoms with van der Waals surface area (Å²) >= 11 is 0. The molecule has 8 heteroatoms. The van der Waals surface area contributed by atoms with Crippen molar-refractivity contribution in [2.75, 3.05) is 13.2 Å². The number of rotatable bonds is 9. The van der Waals surface area contributed by atoms with E-state index in [1.54, 1.807) is 54.9 Å². The fraction of sp³-hybridized carbons (Fsp3) is 0.143. The number of nitrogens with one attached hydrogen (secondary N) is 2. The van der Waals surface area contributed by atoms with Gasteiger partial charge in [0, 0.05) is 35.8 Å². The summed E-state index contributed by atoms with van der Waals surface area (Å²) < 4.78 is 11.4. The van der Waals surface area contributed by atoms with Crippen LogP contribution in [-0.2, 0) is 4.74 Å². The molecule has 6 aromatic rings. The zero-order valence-corrected chi connectivity index (χ0v) is 27.7. The predicted octanol–water partition coefficient (Wildman–Crippen LogP) is 8.08. The number of hydrogen-bond acceptors (Lipinski definition) is 6. The van der Waals surface area contributed by atoms with Crippen molar-refractivity contribution in [2.45, 2.75) is 25.8 Å². The number of esters is 1. The minimum Gasteiger partial charge on any atom is -0.449 e. The lowest BCUT2D eigenvalue weighted by atomic mass is 9.98. The number of aromatic nitrogens is 1. The van der Waals surface area contributed by atoms with Crippen molar-refractivity contribution >= 4 is 28.7 Å². The molecular formula is C42H35N3O5. The van der Waals surface area contributed by atoms with Crippen molar-refractivity contribution in [3.05, 3.63) is 167 Å². The van der Waals surface area contributed by atoms with Crippen LogP contribution in [0.3, 0.4) is 0 Å². The van der Waals surface area contributed by atoms with E-state index in [-0.39, 0.29) is 25.0 Å². The average molecular weight is 662 g/mol. The van der Waals surface area contributed by atoms with Crippen LogP contribution in [0, 0.1) is 13.8 Å². The van der Waals surface area contributed by atoms with E-state index in [2.05, 4.69) is 39.9 Å². The van der Waals surface area contributed by atoms with Crippen molar-refractivity contribution in [2.24, 2.45) is 0 Å². The highest BCUT2D eigenvalue weighted by molar-refractivity contribution is 5.98. The molecule has 0 radical (unpaired) electrons. The number of nitrogens with zero attached hydrogens (tertiary/aromatic N) is 1. The van der Waals surface area contributed by atoms with Crippen molar-refractivity contribution in [3.63, 3.8) is 0 Å². The zero-order valence-electron chi connectivity index (χ0n) is 27.7. The van der Waals surface area contributed by atoms with Gasteiger partial charge in [0.25, 0.3) is 5.91 Å². The number of hydrogen-bond donors (Lipinski definition) is 2. The quantitative estimate of drug-likeness (QED) is 0.120. The Kier molecular flexibility index (Phi) is 9.08. The predicted molar refractivity (Wildman–Crippen MR) is 192 cm³/mol. The van der Waals surface area contributed by atoms with Gasteiger partial charge < -0.3 is 20.1 Å². The average Bonchev–Trinajstić information content (AvgIpc) is 3.46. The highest BCUT2D eigenvalue weighted by Crippen LogP contribution is 2.44. The molecule has 0 fully saturated rings. The first-order valence-electron chi connectivity index (χ1n) is 16.5. The molecule has 5 aromatic carbocycles. The number of carbonyl (C=O) groups excluding carboxylic acids is 3. The molecule has 0 bridgehead atoms. The smallest absolute Gasteiger partial charge is 0.407 e. The van der Waals surface area contributed by atoms with Gasteiger partial charge in [-0.3, -0.25) is 9.78 Å². The molecule has 0 aliphatic heterocycles. The maximum absolute atomic E-state index is 13.5. The van der Waals surface area contributed by atoms with Crippen LogP contribution in [0.5, 0.6) is 5.75 Å². The fourth-order valence-electron chi connectivity index (χ4n) is 6.53. The molecule has 1 heterocycles. The molecule has 0 unspecified atom stereocenters. The first-order valence-corrected chi connectivity index (χ1v) is 16.5. The summed E-state index contributed by atoms with van der Waals surface area (Å²) in [5.41, 5.74) is 8.08. The lowest BCUT2D eigenvalue weighted by Crippen LogP contribution is -2.38. The van der Waals surface area contributed by atoms with E-state index in [0.717, 1.165) is 44.2 Å². The number of carbonyl (C=O) groups is 3. The Morgan fingerprint density at radius 1 is 0.780 bits per heavy atom. The van der Waals surface area contributed by atoms with Crippen molar-refractivity contribution in [3.8, 4) is 16.9 Å². The number of amides is 2. The van der Waals surface area contributed by atoms with Crippen LogP contribution in [0.4, 0.5) is 4.79 Å². The summed E-state index contributed by atoms with van der Waals surface area (Å²) in [6.45, 7) is 4.07. The van der Waals surface area contributed by atoms with Gasteiger partial charge in [0.05, 0.1) is 11.6 Å². The summed E-state index contributed by atoms with van der Waals surface area (Å²) in [4.78, 5) is 43.7. The molecule has 1 aromatic heterocycles. The monoisotopic (exact) mass is 661 g/mol. The molecule has 2 N–H and O–H groups in total. The minimum atomic E-state index is -0.625. The second-order valence-corrected chi connectivity index (χ2v) is 12.4. The number of fused-ring (bicyclic) bond motifs is 4. The number of alkyl carbamates (subject to hydrolysis) is 1. The summed E-state index contributed by atoms with van der Waals surface area (Å²) in [6.07, 6.45) is 2.83. The Morgan fingerprint density at radius 2 is 1.50 bits per heavy atom. The van der Waals surface area contributed by atoms with Gasteiger partial charge in [0.2, 0.25) is 0 Å². The maximum atomic E-state index is 13.5. The molecule has 7 rings (SSSR count). The fourth-order valence-corrected chi connectivity index (χ4v) is 6.53. The van der Waals surface area contributed by atoms with E-state index in [9.17, 15) is 14.4 Å². The van der Waals surface area contributed by atoms with Crippen LogP contribution < -0.4 is 15.4 Å². The van der Waals surface area contributed by atoms with Crippen molar-refractivity contribution < 1.29 is 23.9 Å².